The first-order valence-corrected chi connectivity index (χ1v) is 9.39. The monoisotopic (exact) mass is 360 g/mol. The number of carbonyl (C=O) groups is 1. The van der Waals surface area contributed by atoms with Gasteiger partial charge >= 0.3 is 5.97 Å². The lowest BCUT2D eigenvalue weighted by atomic mass is 10.1. The van der Waals surface area contributed by atoms with E-state index in [4.69, 9.17) is 4.74 Å². The molecule has 3 rings (SSSR count). The van der Waals surface area contributed by atoms with Gasteiger partial charge in [-0.05, 0) is 41.3 Å². The van der Waals surface area contributed by atoms with Crippen LogP contribution in [0.3, 0.4) is 0 Å². The maximum Gasteiger partial charge on any atom is 0.338 e. The molecule has 0 radical (unpaired) electrons. The highest BCUT2D eigenvalue weighted by atomic mass is 32.2. The largest absolute Gasteiger partial charge is 0.465 e. The fourth-order valence-corrected chi connectivity index (χ4v) is 3.86. The second-order valence-electron chi connectivity index (χ2n) is 6.00. The minimum absolute atomic E-state index is 0.0429. The van der Waals surface area contributed by atoms with Gasteiger partial charge in [-0.25, -0.2) is 17.9 Å². The van der Waals surface area contributed by atoms with E-state index in [2.05, 4.69) is 10.0 Å². The van der Waals surface area contributed by atoms with Crippen LogP contribution in [0.25, 0.3) is 0 Å². The maximum atomic E-state index is 12.5. The van der Waals surface area contributed by atoms with Gasteiger partial charge in [0.15, 0.2) is 0 Å². The second-order valence-corrected chi connectivity index (χ2v) is 7.77. The Balaban J connectivity index is 1.79. The summed E-state index contributed by atoms with van der Waals surface area (Å²) in [6, 6.07) is 10.4. The maximum absolute atomic E-state index is 12.5. The quantitative estimate of drug-likeness (QED) is 0.795. The van der Waals surface area contributed by atoms with Crippen LogP contribution in [0.15, 0.2) is 41.3 Å². The molecule has 1 heterocycles. The number of nitrogens with one attached hydrogen (secondary N) is 2. The summed E-state index contributed by atoms with van der Waals surface area (Å²) in [4.78, 5) is 11.8. The minimum Gasteiger partial charge on any atom is -0.465 e. The number of hydrogen-bond donors (Lipinski definition) is 2. The number of carbonyl (C=O) groups excluding carboxylic acids is 1. The second kappa shape index (κ2) is 6.95. The zero-order valence-electron chi connectivity index (χ0n) is 14.1. The van der Waals surface area contributed by atoms with Crippen LogP contribution in [-0.4, -0.2) is 21.5 Å². The molecule has 2 N–H and O–H groups in total. The minimum atomic E-state index is -3.73. The average molecular weight is 360 g/mol. The molecule has 7 heteroatoms. The summed E-state index contributed by atoms with van der Waals surface area (Å²) >= 11 is 0. The van der Waals surface area contributed by atoms with Crippen molar-refractivity contribution in [2.45, 2.75) is 31.5 Å². The number of aryl methyl sites for hydroxylation is 1. The molecule has 2 aromatic rings. The van der Waals surface area contributed by atoms with E-state index in [-0.39, 0.29) is 17.0 Å². The Labute approximate surface area is 147 Å². The van der Waals surface area contributed by atoms with Gasteiger partial charge in [0, 0.05) is 19.6 Å². The molecule has 0 saturated heterocycles. The third-order valence-corrected chi connectivity index (χ3v) is 5.69. The van der Waals surface area contributed by atoms with Gasteiger partial charge in [-0.1, -0.05) is 24.3 Å². The van der Waals surface area contributed by atoms with Crippen molar-refractivity contribution in [1.82, 2.24) is 10.0 Å². The highest BCUT2D eigenvalue weighted by molar-refractivity contribution is 7.89. The number of fused-ring (bicyclic) bond motifs is 1. The molecule has 0 spiro atoms. The lowest BCUT2D eigenvalue weighted by Gasteiger charge is -2.10. The Morgan fingerprint density at radius 3 is 2.68 bits per heavy atom. The lowest BCUT2D eigenvalue weighted by molar-refractivity contribution is 0.0599. The predicted octanol–water partition coefficient (Wildman–Crippen LogP) is 1.86. The third-order valence-electron chi connectivity index (χ3n) is 4.29. The molecule has 0 atom stereocenters. The standard InChI is InChI=1S/C18H20N2O4S/c1-12-3-6-16(8-17(12)18(21)24-2)25(22,23)20-9-13-4-5-14-10-19-11-15(14)7-13/h3-8,19-20H,9-11H2,1-2H3. The van der Waals surface area contributed by atoms with Crippen molar-refractivity contribution in [3.05, 3.63) is 64.2 Å². The molecule has 132 valence electrons. The average Bonchev–Trinajstić information content (AvgIpc) is 3.07. The summed E-state index contributed by atoms with van der Waals surface area (Å²) in [5, 5.41) is 3.26. The summed E-state index contributed by atoms with van der Waals surface area (Å²) in [6.07, 6.45) is 0. The number of hydrogen-bond acceptors (Lipinski definition) is 5. The van der Waals surface area contributed by atoms with E-state index in [1.54, 1.807) is 13.0 Å². The van der Waals surface area contributed by atoms with Crippen LogP contribution in [0.5, 0.6) is 0 Å². The van der Waals surface area contributed by atoms with E-state index in [0.717, 1.165) is 18.7 Å². The van der Waals surface area contributed by atoms with E-state index in [1.807, 2.05) is 18.2 Å². The molecule has 1 aliphatic rings. The Kier molecular flexibility index (Phi) is 4.89. The van der Waals surface area contributed by atoms with Crippen LogP contribution in [0.1, 0.15) is 32.6 Å². The van der Waals surface area contributed by atoms with Gasteiger partial charge in [0.2, 0.25) is 10.0 Å². The van der Waals surface area contributed by atoms with Gasteiger partial charge in [0.1, 0.15) is 0 Å². The normalized spacial score (nSPS) is 13.5. The molecule has 25 heavy (non-hydrogen) atoms. The molecule has 2 aromatic carbocycles. The first-order chi connectivity index (χ1) is 11.9. The summed E-state index contributed by atoms with van der Waals surface area (Å²) in [5.74, 6) is -0.555. The van der Waals surface area contributed by atoms with Crippen molar-refractivity contribution >= 4 is 16.0 Å². The van der Waals surface area contributed by atoms with Crippen molar-refractivity contribution in [1.29, 1.82) is 0 Å². The molecule has 6 nitrogen and oxygen atoms in total. The Morgan fingerprint density at radius 1 is 1.16 bits per heavy atom. The highest BCUT2D eigenvalue weighted by Crippen LogP contribution is 2.19. The molecular formula is C18H20N2O4S. The van der Waals surface area contributed by atoms with Crippen LogP contribution < -0.4 is 10.0 Å². The molecule has 0 fully saturated rings. The summed E-state index contributed by atoms with van der Waals surface area (Å²) < 4.78 is 32.4. The fraction of sp³-hybridized carbons (Fsp3) is 0.278. The molecule has 0 aromatic heterocycles. The number of sulfonamides is 1. The van der Waals surface area contributed by atoms with Crippen LogP contribution in [-0.2, 0) is 34.4 Å². The Morgan fingerprint density at radius 2 is 1.92 bits per heavy atom. The van der Waals surface area contributed by atoms with E-state index < -0.39 is 16.0 Å². The fourth-order valence-electron chi connectivity index (χ4n) is 2.82. The number of benzene rings is 2. The summed E-state index contributed by atoms with van der Waals surface area (Å²) in [7, 11) is -2.46. The number of esters is 1. The van der Waals surface area contributed by atoms with E-state index in [0.29, 0.717) is 5.56 Å². The first kappa shape index (κ1) is 17.6. The van der Waals surface area contributed by atoms with Crippen LogP contribution in [0.2, 0.25) is 0 Å². The first-order valence-electron chi connectivity index (χ1n) is 7.91. The molecule has 1 aliphatic heterocycles. The molecule has 0 unspecified atom stereocenters. The summed E-state index contributed by atoms with van der Waals surface area (Å²) in [6.45, 7) is 3.57. The smallest absolute Gasteiger partial charge is 0.338 e. The number of methoxy groups -OCH3 is 1. The SMILES string of the molecule is COC(=O)c1cc(S(=O)(=O)NCc2ccc3c(c2)CNC3)ccc1C. The van der Waals surface area contributed by atoms with Crippen LogP contribution >= 0.6 is 0 Å². The highest BCUT2D eigenvalue weighted by Gasteiger charge is 2.18. The summed E-state index contributed by atoms with van der Waals surface area (Å²) in [5.41, 5.74) is 4.24. The van der Waals surface area contributed by atoms with Gasteiger partial charge in [-0.2, -0.15) is 0 Å². The molecular weight excluding hydrogens is 340 g/mol. The van der Waals surface area contributed by atoms with E-state index >= 15 is 0 Å². The van der Waals surface area contributed by atoms with Gasteiger partial charge in [0.05, 0.1) is 17.6 Å². The van der Waals surface area contributed by atoms with Gasteiger partial charge < -0.3 is 10.1 Å². The topological polar surface area (TPSA) is 84.5 Å². The molecule has 0 saturated carbocycles. The molecule has 0 aliphatic carbocycles. The van der Waals surface area contributed by atoms with Crippen molar-refractivity contribution in [3.8, 4) is 0 Å². The number of rotatable bonds is 5. The van der Waals surface area contributed by atoms with E-state index in [1.165, 1.54) is 30.4 Å². The Bertz CT molecular complexity index is 923. The van der Waals surface area contributed by atoms with Gasteiger partial charge in [-0.15, -0.1) is 0 Å². The van der Waals surface area contributed by atoms with Gasteiger partial charge in [0.25, 0.3) is 0 Å². The zero-order valence-corrected chi connectivity index (χ0v) is 14.9. The number of ether oxygens (including phenoxy) is 1. The van der Waals surface area contributed by atoms with Crippen molar-refractivity contribution in [2.24, 2.45) is 0 Å². The predicted molar refractivity (Wildman–Crippen MR) is 93.5 cm³/mol. The molecule has 0 bridgehead atoms. The van der Waals surface area contributed by atoms with Crippen LogP contribution in [0, 0.1) is 6.92 Å². The van der Waals surface area contributed by atoms with E-state index in [9.17, 15) is 13.2 Å². The lowest BCUT2D eigenvalue weighted by Crippen LogP contribution is -2.23. The Hall–Kier alpha value is -2.22. The van der Waals surface area contributed by atoms with Crippen LogP contribution in [0.4, 0.5) is 0 Å². The zero-order chi connectivity index (χ0) is 18.0. The molecule has 0 amide bonds. The third kappa shape index (κ3) is 3.73. The van der Waals surface area contributed by atoms with Crippen molar-refractivity contribution in [2.75, 3.05) is 7.11 Å². The van der Waals surface area contributed by atoms with Gasteiger partial charge in [-0.3, -0.25) is 0 Å². The van der Waals surface area contributed by atoms with Crippen molar-refractivity contribution < 1.29 is 17.9 Å². The van der Waals surface area contributed by atoms with Crippen molar-refractivity contribution in [3.63, 3.8) is 0 Å².